The number of rotatable bonds is 2. The van der Waals surface area contributed by atoms with Crippen molar-refractivity contribution >= 4 is 5.82 Å². The van der Waals surface area contributed by atoms with Crippen molar-refractivity contribution in [1.29, 1.82) is 0 Å². The number of nitrogens with zero attached hydrogens (tertiary/aromatic N) is 3. The largest absolute Gasteiger partial charge is 0.394 e. The number of halogens is 1. The van der Waals surface area contributed by atoms with Crippen molar-refractivity contribution in [2.24, 2.45) is 0 Å². The highest BCUT2D eigenvalue weighted by atomic mass is 19.1. The van der Waals surface area contributed by atoms with Gasteiger partial charge in [0.15, 0.2) is 0 Å². The molecule has 1 aromatic heterocycles. The molecular formula is C10H14FN3O. The van der Waals surface area contributed by atoms with E-state index in [1.165, 1.54) is 12.4 Å². The van der Waals surface area contributed by atoms with E-state index in [0.29, 0.717) is 5.82 Å². The van der Waals surface area contributed by atoms with E-state index in [1.54, 1.807) is 0 Å². The van der Waals surface area contributed by atoms with E-state index in [9.17, 15) is 9.50 Å². The summed E-state index contributed by atoms with van der Waals surface area (Å²) in [5.74, 6) is 0.0449. The third-order valence-electron chi connectivity index (χ3n) is 2.75. The van der Waals surface area contributed by atoms with Crippen LogP contribution in [0.5, 0.6) is 0 Å². The molecule has 1 atom stereocenters. The molecule has 0 bridgehead atoms. The Kier molecular flexibility index (Phi) is 3.11. The first-order chi connectivity index (χ1) is 7.31. The molecule has 0 aromatic carbocycles. The quantitative estimate of drug-likeness (QED) is 0.740. The summed E-state index contributed by atoms with van der Waals surface area (Å²) in [5.41, 5.74) is 0. The lowest BCUT2D eigenvalue weighted by Gasteiger charge is -2.35. The Morgan fingerprint density at radius 1 is 1.47 bits per heavy atom. The molecule has 5 heteroatoms. The average molecular weight is 211 g/mol. The van der Waals surface area contributed by atoms with Crippen LogP contribution in [0.25, 0.3) is 0 Å². The molecule has 0 radical (unpaired) electrons. The first-order valence-electron chi connectivity index (χ1n) is 5.16. The van der Waals surface area contributed by atoms with E-state index in [4.69, 9.17) is 0 Å². The van der Waals surface area contributed by atoms with Crippen LogP contribution in [0.15, 0.2) is 12.4 Å². The van der Waals surface area contributed by atoms with Crippen molar-refractivity contribution in [3.63, 3.8) is 0 Å². The first kappa shape index (κ1) is 10.3. The lowest BCUT2D eigenvalue weighted by molar-refractivity contribution is 0.239. The SMILES string of the molecule is OCC1CCCCN1c1cc(F)ncn1. The first-order valence-corrected chi connectivity index (χ1v) is 5.16. The van der Waals surface area contributed by atoms with Crippen molar-refractivity contribution in [2.45, 2.75) is 25.3 Å². The third-order valence-corrected chi connectivity index (χ3v) is 2.75. The Bertz CT molecular complexity index is 334. The molecular weight excluding hydrogens is 197 g/mol. The molecule has 2 rings (SSSR count). The van der Waals surface area contributed by atoms with Gasteiger partial charge < -0.3 is 10.0 Å². The van der Waals surface area contributed by atoms with Crippen LogP contribution in [0.4, 0.5) is 10.2 Å². The third kappa shape index (κ3) is 2.23. The molecule has 0 aliphatic carbocycles. The Labute approximate surface area is 87.8 Å². The normalized spacial score (nSPS) is 21.7. The fourth-order valence-corrected chi connectivity index (χ4v) is 1.97. The summed E-state index contributed by atoms with van der Waals surface area (Å²) >= 11 is 0. The predicted molar refractivity (Wildman–Crippen MR) is 54.1 cm³/mol. The van der Waals surface area contributed by atoms with Crippen LogP contribution in [-0.4, -0.2) is 34.3 Å². The molecule has 1 fully saturated rings. The van der Waals surface area contributed by atoms with Gasteiger partial charge in [-0.25, -0.2) is 9.97 Å². The lowest BCUT2D eigenvalue weighted by atomic mass is 10.0. The Balaban J connectivity index is 2.20. The van der Waals surface area contributed by atoms with Crippen LogP contribution in [0.2, 0.25) is 0 Å². The van der Waals surface area contributed by atoms with Crippen LogP contribution in [-0.2, 0) is 0 Å². The highest BCUT2D eigenvalue weighted by Gasteiger charge is 2.22. The highest BCUT2D eigenvalue weighted by Crippen LogP contribution is 2.22. The minimum Gasteiger partial charge on any atom is -0.394 e. The summed E-state index contributed by atoms with van der Waals surface area (Å²) in [7, 11) is 0. The smallest absolute Gasteiger partial charge is 0.218 e. The second-order valence-corrected chi connectivity index (χ2v) is 3.72. The molecule has 1 saturated heterocycles. The molecule has 1 aromatic rings. The molecule has 82 valence electrons. The molecule has 2 heterocycles. The predicted octanol–water partition coefficient (Wildman–Crippen LogP) is 0.967. The van der Waals surface area contributed by atoms with E-state index in [0.717, 1.165) is 25.8 Å². The Morgan fingerprint density at radius 2 is 2.33 bits per heavy atom. The average Bonchev–Trinajstić information content (AvgIpc) is 2.29. The summed E-state index contributed by atoms with van der Waals surface area (Å²) in [6.07, 6.45) is 4.31. The van der Waals surface area contributed by atoms with Crippen molar-refractivity contribution in [3.8, 4) is 0 Å². The van der Waals surface area contributed by atoms with Gasteiger partial charge in [-0.15, -0.1) is 0 Å². The monoisotopic (exact) mass is 211 g/mol. The van der Waals surface area contributed by atoms with Gasteiger partial charge in [-0.1, -0.05) is 0 Å². The van der Waals surface area contributed by atoms with Gasteiger partial charge in [-0.3, -0.25) is 0 Å². The fraction of sp³-hybridized carbons (Fsp3) is 0.600. The summed E-state index contributed by atoms with van der Waals surface area (Å²) < 4.78 is 12.9. The van der Waals surface area contributed by atoms with Crippen LogP contribution >= 0.6 is 0 Å². The summed E-state index contributed by atoms with van der Waals surface area (Å²) in [5, 5.41) is 9.21. The van der Waals surface area contributed by atoms with Crippen molar-refractivity contribution in [3.05, 3.63) is 18.3 Å². The van der Waals surface area contributed by atoms with Gasteiger partial charge in [0.1, 0.15) is 12.1 Å². The molecule has 0 amide bonds. The second kappa shape index (κ2) is 4.53. The standard InChI is InChI=1S/C10H14FN3O/c11-9-5-10(13-7-12-9)14-4-2-1-3-8(14)6-15/h5,7-8,15H,1-4,6H2. The topological polar surface area (TPSA) is 49.2 Å². The minimum atomic E-state index is -0.526. The summed E-state index contributed by atoms with van der Waals surface area (Å²) in [4.78, 5) is 9.40. The zero-order valence-electron chi connectivity index (χ0n) is 8.43. The maximum atomic E-state index is 12.9. The number of aromatic nitrogens is 2. The van der Waals surface area contributed by atoms with E-state index >= 15 is 0 Å². The van der Waals surface area contributed by atoms with E-state index in [2.05, 4.69) is 9.97 Å². The van der Waals surface area contributed by atoms with Gasteiger partial charge in [-0.05, 0) is 19.3 Å². The van der Waals surface area contributed by atoms with Crippen molar-refractivity contribution in [2.75, 3.05) is 18.1 Å². The van der Waals surface area contributed by atoms with Crippen LogP contribution in [0.3, 0.4) is 0 Å². The number of aliphatic hydroxyl groups is 1. The maximum Gasteiger partial charge on any atom is 0.218 e. The Morgan fingerprint density at radius 3 is 3.07 bits per heavy atom. The van der Waals surface area contributed by atoms with Gasteiger partial charge >= 0.3 is 0 Å². The van der Waals surface area contributed by atoms with Gasteiger partial charge in [0.2, 0.25) is 5.95 Å². The van der Waals surface area contributed by atoms with Crippen LogP contribution < -0.4 is 4.90 Å². The summed E-state index contributed by atoms with van der Waals surface area (Å²) in [6, 6.07) is 1.38. The fourth-order valence-electron chi connectivity index (χ4n) is 1.97. The van der Waals surface area contributed by atoms with E-state index in [-0.39, 0.29) is 12.6 Å². The lowest BCUT2D eigenvalue weighted by Crippen LogP contribution is -2.42. The van der Waals surface area contributed by atoms with E-state index < -0.39 is 5.95 Å². The number of aliphatic hydroxyl groups excluding tert-OH is 1. The molecule has 0 spiro atoms. The zero-order valence-corrected chi connectivity index (χ0v) is 8.43. The van der Waals surface area contributed by atoms with Crippen LogP contribution in [0, 0.1) is 5.95 Å². The molecule has 1 N–H and O–H groups in total. The van der Waals surface area contributed by atoms with Gasteiger partial charge in [0.25, 0.3) is 0 Å². The van der Waals surface area contributed by atoms with Crippen LogP contribution in [0.1, 0.15) is 19.3 Å². The van der Waals surface area contributed by atoms with Gasteiger partial charge in [-0.2, -0.15) is 4.39 Å². The molecule has 1 aliphatic heterocycles. The van der Waals surface area contributed by atoms with E-state index in [1.807, 2.05) is 4.90 Å². The number of hydrogen-bond acceptors (Lipinski definition) is 4. The van der Waals surface area contributed by atoms with Gasteiger partial charge in [0, 0.05) is 12.6 Å². The Hall–Kier alpha value is -1.23. The molecule has 0 saturated carbocycles. The minimum absolute atomic E-state index is 0.0630. The van der Waals surface area contributed by atoms with Crippen molar-refractivity contribution < 1.29 is 9.50 Å². The summed E-state index contributed by atoms with van der Waals surface area (Å²) in [6.45, 7) is 0.910. The molecule has 15 heavy (non-hydrogen) atoms. The molecule has 1 unspecified atom stereocenters. The maximum absolute atomic E-state index is 12.9. The number of hydrogen-bond donors (Lipinski definition) is 1. The second-order valence-electron chi connectivity index (χ2n) is 3.72. The number of piperidine rings is 1. The highest BCUT2D eigenvalue weighted by molar-refractivity contribution is 5.38. The molecule has 1 aliphatic rings. The van der Waals surface area contributed by atoms with Crippen molar-refractivity contribution in [1.82, 2.24) is 9.97 Å². The molecule has 4 nitrogen and oxygen atoms in total. The number of anilines is 1. The zero-order chi connectivity index (χ0) is 10.7. The van der Waals surface area contributed by atoms with Gasteiger partial charge in [0.05, 0.1) is 12.6 Å².